The molecule has 2 atom stereocenters. The van der Waals surface area contributed by atoms with Gasteiger partial charge in [0.25, 0.3) is 0 Å². The molecule has 1 aliphatic heterocycles. The third-order valence-electron chi connectivity index (χ3n) is 3.61. The SMILES string of the molecule is CCOC(=O)C1(NC)CCC(OC2COC2)C1. The van der Waals surface area contributed by atoms with Crippen LogP contribution < -0.4 is 5.32 Å². The van der Waals surface area contributed by atoms with Crippen LogP contribution in [-0.2, 0) is 19.0 Å². The first-order chi connectivity index (χ1) is 8.20. The summed E-state index contributed by atoms with van der Waals surface area (Å²) in [5, 5.41) is 3.12. The zero-order valence-corrected chi connectivity index (χ0v) is 10.5. The molecule has 0 aromatic rings. The maximum atomic E-state index is 11.9. The first-order valence-electron chi connectivity index (χ1n) is 6.29. The quantitative estimate of drug-likeness (QED) is 0.712. The second kappa shape index (κ2) is 5.33. The minimum absolute atomic E-state index is 0.140. The smallest absolute Gasteiger partial charge is 0.326 e. The van der Waals surface area contributed by atoms with Gasteiger partial charge in [-0.15, -0.1) is 0 Å². The fourth-order valence-corrected chi connectivity index (χ4v) is 2.46. The molecule has 0 spiro atoms. The lowest BCUT2D eigenvalue weighted by molar-refractivity contribution is -0.159. The molecule has 1 saturated heterocycles. The molecule has 0 radical (unpaired) electrons. The maximum absolute atomic E-state index is 11.9. The van der Waals surface area contributed by atoms with Crippen molar-refractivity contribution < 1.29 is 19.0 Å². The summed E-state index contributed by atoms with van der Waals surface area (Å²) in [7, 11) is 1.81. The average molecular weight is 243 g/mol. The standard InChI is InChI=1S/C12H21NO4/c1-3-16-11(14)12(13-2)5-4-9(6-12)17-10-7-15-8-10/h9-10,13H,3-8H2,1-2H3. The molecule has 0 amide bonds. The molecule has 1 N–H and O–H groups in total. The number of hydrogen-bond donors (Lipinski definition) is 1. The van der Waals surface area contributed by atoms with Gasteiger partial charge in [0.05, 0.1) is 25.9 Å². The molecule has 1 heterocycles. The normalized spacial score (nSPS) is 33.4. The van der Waals surface area contributed by atoms with E-state index in [-0.39, 0.29) is 18.2 Å². The zero-order chi connectivity index (χ0) is 12.3. The predicted molar refractivity (Wildman–Crippen MR) is 61.8 cm³/mol. The van der Waals surface area contributed by atoms with E-state index in [1.165, 1.54) is 0 Å². The van der Waals surface area contributed by atoms with Crippen LogP contribution in [0.15, 0.2) is 0 Å². The van der Waals surface area contributed by atoms with Crippen LogP contribution in [0, 0.1) is 0 Å². The van der Waals surface area contributed by atoms with E-state index < -0.39 is 5.54 Å². The minimum atomic E-state index is -0.550. The van der Waals surface area contributed by atoms with Crippen molar-refractivity contribution in [3.63, 3.8) is 0 Å². The van der Waals surface area contributed by atoms with Gasteiger partial charge in [0.2, 0.25) is 0 Å². The van der Waals surface area contributed by atoms with Gasteiger partial charge < -0.3 is 19.5 Å². The van der Waals surface area contributed by atoms with Crippen molar-refractivity contribution in [3.05, 3.63) is 0 Å². The van der Waals surface area contributed by atoms with E-state index in [9.17, 15) is 4.79 Å². The highest BCUT2D eigenvalue weighted by Crippen LogP contribution is 2.34. The molecule has 0 bridgehead atoms. The third kappa shape index (κ3) is 2.61. The molecule has 1 saturated carbocycles. The Hall–Kier alpha value is -0.650. The lowest BCUT2D eigenvalue weighted by Gasteiger charge is -2.30. The Bertz CT molecular complexity index is 280. The Morgan fingerprint density at radius 1 is 1.47 bits per heavy atom. The molecular weight excluding hydrogens is 222 g/mol. The fraction of sp³-hybridized carbons (Fsp3) is 0.917. The largest absolute Gasteiger partial charge is 0.465 e. The molecule has 2 rings (SSSR count). The fourth-order valence-electron chi connectivity index (χ4n) is 2.46. The van der Waals surface area contributed by atoms with Gasteiger partial charge in [0.15, 0.2) is 0 Å². The molecule has 5 heteroatoms. The number of carbonyl (C=O) groups excluding carboxylic acids is 1. The molecule has 2 unspecified atom stereocenters. The van der Waals surface area contributed by atoms with Gasteiger partial charge in [0, 0.05) is 6.42 Å². The molecule has 98 valence electrons. The van der Waals surface area contributed by atoms with E-state index in [1.807, 2.05) is 14.0 Å². The van der Waals surface area contributed by atoms with E-state index in [0.717, 1.165) is 12.8 Å². The van der Waals surface area contributed by atoms with Crippen LogP contribution in [0.2, 0.25) is 0 Å². The summed E-state index contributed by atoms with van der Waals surface area (Å²) < 4.78 is 16.1. The molecule has 2 fully saturated rings. The van der Waals surface area contributed by atoms with Gasteiger partial charge in [0.1, 0.15) is 11.6 Å². The van der Waals surface area contributed by atoms with Crippen LogP contribution in [-0.4, -0.2) is 50.6 Å². The number of carbonyl (C=O) groups is 1. The van der Waals surface area contributed by atoms with Crippen LogP contribution in [0.4, 0.5) is 0 Å². The molecular formula is C12H21NO4. The number of ether oxygens (including phenoxy) is 3. The van der Waals surface area contributed by atoms with Gasteiger partial charge in [-0.3, -0.25) is 4.79 Å². The van der Waals surface area contributed by atoms with Crippen LogP contribution in [0.3, 0.4) is 0 Å². The molecule has 0 aromatic heterocycles. The van der Waals surface area contributed by atoms with E-state index in [4.69, 9.17) is 14.2 Å². The van der Waals surface area contributed by atoms with Gasteiger partial charge in [-0.25, -0.2) is 0 Å². The van der Waals surface area contributed by atoms with Gasteiger partial charge in [-0.05, 0) is 26.8 Å². The summed E-state index contributed by atoms with van der Waals surface area (Å²) in [6.07, 6.45) is 2.73. The van der Waals surface area contributed by atoms with Crippen LogP contribution in [0.5, 0.6) is 0 Å². The van der Waals surface area contributed by atoms with Crippen molar-refractivity contribution in [2.45, 2.75) is 43.9 Å². The number of likely N-dealkylation sites (N-methyl/N-ethyl adjacent to an activating group) is 1. The first-order valence-corrected chi connectivity index (χ1v) is 6.29. The number of esters is 1. The van der Waals surface area contributed by atoms with E-state index >= 15 is 0 Å². The van der Waals surface area contributed by atoms with Gasteiger partial charge >= 0.3 is 5.97 Å². The first kappa shape index (κ1) is 12.8. The van der Waals surface area contributed by atoms with E-state index in [2.05, 4.69) is 5.32 Å². The Morgan fingerprint density at radius 3 is 2.76 bits per heavy atom. The number of hydrogen-bond acceptors (Lipinski definition) is 5. The van der Waals surface area contributed by atoms with Crippen molar-refractivity contribution in [2.75, 3.05) is 26.9 Å². The highest BCUT2D eigenvalue weighted by Gasteiger charge is 2.46. The van der Waals surface area contributed by atoms with Crippen molar-refractivity contribution in [1.29, 1.82) is 0 Å². The summed E-state index contributed by atoms with van der Waals surface area (Å²) in [6, 6.07) is 0. The number of rotatable bonds is 5. The summed E-state index contributed by atoms with van der Waals surface area (Å²) in [4.78, 5) is 11.9. The van der Waals surface area contributed by atoms with Crippen LogP contribution in [0.25, 0.3) is 0 Å². The second-order valence-electron chi connectivity index (χ2n) is 4.71. The van der Waals surface area contributed by atoms with E-state index in [0.29, 0.717) is 26.2 Å². The molecule has 17 heavy (non-hydrogen) atoms. The van der Waals surface area contributed by atoms with E-state index in [1.54, 1.807) is 0 Å². The summed E-state index contributed by atoms with van der Waals surface area (Å²) in [5.74, 6) is -0.154. The van der Waals surface area contributed by atoms with Crippen LogP contribution in [0.1, 0.15) is 26.2 Å². The van der Waals surface area contributed by atoms with Crippen molar-refractivity contribution in [2.24, 2.45) is 0 Å². The second-order valence-corrected chi connectivity index (χ2v) is 4.71. The molecule has 5 nitrogen and oxygen atoms in total. The zero-order valence-electron chi connectivity index (χ0n) is 10.5. The molecule has 1 aliphatic carbocycles. The van der Waals surface area contributed by atoms with Gasteiger partial charge in [-0.2, -0.15) is 0 Å². The topological polar surface area (TPSA) is 56.8 Å². The maximum Gasteiger partial charge on any atom is 0.326 e. The van der Waals surface area contributed by atoms with Crippen LogP contribution >= 0.6 is 0 Å². The highest BCUT2D eigenvalue weighted by molar-refractivity contribution is 5.81. The Kier molecular flexibility index (Phi) is 4.01. The Morgan fingerprint density at radius 2 is 2.24 bits per heavy atom. The lowest BCUT2D eigenvalue weighted by Crippen LogP contribution is -2.50. The predicted octanol–water partition coefficient (Wildman–Crippen LogP) is 0.476. The highest BCUT2D eigenvalue weighted by atomic mass is 16.6. The number of nitrogens with one attached hydrogen (secondary N) is 1. The third-order valence-corrected chi connectivity index (χ3v) is 3.61. The monoisotopic (exact) mass is 243 g/mol. The molecule has 0 aromatic carbocycles. The Balaban J connectivity index is 1.89. The summed E-state index contributed by atoms with van der Waals surface area (Å²) in [5.41, 5.74) is -0.550. The Labute approximate surface area is 102 Å². The van der Waals surface area contributed by atoms with Crippen molar-refractivity contribution in [3.8, 4) is 0 Å². The summed E-state index contributed by atoms with van der Waals surface area (Å²) in [6.45, 7) is 3.62. The molecule has 2 aliphatic rings. The minimum Gasteiger partial charge on any atom is -0.465 e. The summed E-state index contributed by atoms with van der Waals surface area (Å²) >= 11 is 0. The van der Waals surface area contributed by atoms with Gasteiger partial charge in [-0.1, -0.05) is 0 Å². The van der Waals surface area contributed by atoms with Crippen molar-refractivity contribution >= 4 is 5.97 Å². The lowest BCUT2D eigenvalue weighted by atomic mass is 9.98. The average Bonchev–Trinajstić information content (AvgIpc) is 2.69. The van der Waals surface area contributed by atoms with Crippen molar-refractivity contribution in [1.82, 2.24) is 5.32 Å².